The molecule has 0 bridgehead atoms. The lowest BCUT2D eigenvalue weighted by atomic mass is 9.96. The summed E-state index contributed by atoms with van der Waals surface area (Å²) in [6.07, 6.45) is -4.62. The molecule has 2 rings (SSSR count). The molecule has 132 valence electrons. The number of carbonyl (C=O) groups is 2. The van der Waals surface area contributed by atoms with Crippen molar-refractivity contribution in [1.29, 1.82) is 0 Å². The fourth-order valence-corrected chi connectivity index (χ4v) is 3.07. The number of alkyl halides is 3. The number of hydrogen-bond donors (Lipinski definition) is 2. The zero-order valence-corrected chi connectivity index (χ0v) is 13.5. The highest BCUT2D eigenvalue weighted by Gasteiger charge is 2.70. The fourth-order valence-electron chi connectivity index (χ4n) is 3.07. The van der Waals surface area contributed by atoms with Crippen molar-refractivity contribution in [3.63, 3.8) is 0 Å². The number of fused-ring (bicyclic) bond motifs is 1. The second-order valence-corrected chi connectivity index (χ2v) is 5.70. The second kappa shape index (κ2) is 6.80. The van der Waals surface area contributed by atoms with Gasteiger partial charge in [-0.2, -0.15) is 13.2 Å². The van der Waals surface area contributed by atoms with Crippen LogP contribution >= 0.6 is 0 Å². The van der Waals surface area contributed by atoms with Gasteiger partial charge in [-0.05, 0) is 12.5 Å². The van der Waals surface area contributed by atoms with E-state index in [1.54, 1.807) is 12.1 Å². The summed E-state index contributed by atoms with van der Waals surface area (Å²) in [5.74, 6) is -2.42. The SMILES string of the molecule is CCOC(=O)[C@](NC(C)=O)([NH+]1CCc2ccccc2C1)C(F)(F)F. The molecule has 0 radical (unpaired) electrons. The number of amides is 1. The summed E-state index contributed by atoms with van der Waals surface area (Å²) >= 11 is 0. The molecule has 0 spiro atoms. The first-order valence-electron chi connectivity index (χ1n) is 7.67. The predicted molar refractivity (Wildman–Crippen MR) is 78.9 cm³/mol. The highest BCUT2D eigenvalue weighted by Crippen LogP contribution is 2.28. The highest BCUT2D eigenvalue weighted by atomic mass is 19.4. The van der Waals surface area contributed by atoms with E-state index in [2.05, 4.69) is 4.74 Å². The Hall–Kier alpha value is -2.09. The Kier molecular flexibility index (Phi) is 5.17. The lowest BCUT2D eigenvalue weighted by Gasteiger charge is -2.41. The van der Waals surface area contributed by atoms with Crippen molar-refractivity contribution in [2.75, 3.05) is 13.2 Å². The van der Waals surface area contributed by atoms with Crippen molar-refractivity contribution in [1.82, 2.24) is 5.32 Å². The molecule has 0 fully saturated rings. The molecule has 0 aliphatic carbocycles. The van der Waals surface area contributed by atoms with E-state index in [9.17, 15) is 22.8 Å². The maximum atomic E-state index is 13.9. The number of hydrogen-bond acceptors (Lipinski definition) is 3. The van der Waals surface area contributed by atoms with Crippen LogP contribution in [0, 0.1) is 0 Å². The zero-order valence-electron chi connectivity index (χ0n) is 13.5. The summed E-state index contributed by atoms with van der Waals surface area (Å²) in [6.45, 7) is 2.19. The molecule has 8 heteroatoms. The Morgan fingerprint density at radius 2 is 1.88 bits per heavy atom. The van der Waals surface area contributed by atoms with Crippen LogP contribution in [0.15, 0.2) is 24.3 Å². The van der Waals surface area contributed by atoms with E-state index >= 15 is 0 Å². The van der Waals surface area contributed by atoms with Crippen molar-refractivity contribution in [3.8, 4) is 0 Å². The molecule has 1 aliphatic heterocycles. The molecule has 2 N–H and O–H groups in total. The van der Waals surface area contributed by atoms with Gasteiger partial charge >= 0.3 is 17.8 Å². The van der Waals surface area contributed by atoms with Gasteiger partial charge in [0, 0.05) is 18.9 Å². The predicted octanol–water partition coefficient (Wildman–Crippen LogP) is 0.585. The number of rotatable bonds is 4. The standard InChI is InChI=1S/C16H19F3N2O3/c1-3-24-14(23)15(16(17,18)19,20-11(2)22)21-9-8-12-6-4-5-7-13(12)10-21/h4-7H,3,8-10H2,1-2H3,(H,20,22)/p+1/t15-/m0/s1. The van der Waals surface area contributed by atoms with Crippen molar-refractivity contribution in [2.24, 2.45) is 0 Å². The minimum atomic E-state index is -4.99. The van der Waals surface area contributed by atoms with Gasteiger partial charge in [0.25, 0.3) is 0 Å². The van der Waals surface area contributed by atoms with Gasteiger partial charge in [-0.15, -0.1) is 0 Å². The molecule has 24 heavy (non-hydrogen) atoms. The Morgan fingerprint density at radius 3 is 2.42 bits per heavy atom. The molecule has 1 heterocycles. The summed E-state index contributed by atoms with van der Waals surface area (Å²) in [5, 5.41) is 1.84. The first-order chi connectivity index (χ1) is 11.2. The van der Waals surface area contributed by atoms with Crippen LogP contribution in [0.1, 0.15) is 25.0 Å². The minimum Gasteiger partial charge on any atom is -0.460 e. The zero-order chi connectivity index (χ0) is 18.0. The second-order valence-electron chi connectivity index (χ2n) is 5.70. The number of halogens is 3. The molecule has 2 atom stereocenters. The van der Waals surface area contributed by atoms with Gasteiger partial charge in [0.15, 0.2) is 0 Å². The van der Waals surface area contributed by atoms with E-state index in [1.807, 2.05) is 17.4 Å². The van der Waals surface area contributed by atoms with Gasteiger partial charge in [-0.3, -0.25) is 15.0 Å². The number of quaternary nitrogens is 1. The summed E-state index contributed by atoms with van der Waals surface area (Å²) < 4.78 is 46.5. The smallest absolute Gasteiger partial charge is 0.460 e. The number of benzene rings is 1. The fraction of sp³-hybridized carbons (Fsp3) is 0.500. The van der Waals surface area contributed by atoms with Crippen molar-refractivity contribution >= 4 is 11.9 Å². The van der Waals surface area contributed by atoms with Crippen molar-refractivity contribution in [3.05, 3.63) is 35.4 Å². The van der Waals surface area contributed by atoms with E-state index in [-0.39, 0.29) is 24.6 Å². The van der Waals surface area contributed by atoms with Crippen LogP contribution in [-0.4, -0.2) is 36.9 Å². The lowest BCUT2D eigenvalue weighted by Crippen LogP contribution is -3.25. The van der Waals surface area contributed by atoms with Gasteiger partial charge in [-0.25, -0.2) is 4.79 Å². The Bertz CT molecular complexity index is 633. The molecular weight excluding hydrogens is 325 g/mol. The largest absolute Gasteiger partial charge is 0.478 e. The topological polar surface area (TPSA) is 59.8 Å². The van der Waals surface area contributed by atoms with Crippen LogP contribution in [0.3, 0.4) is 0 Å². The molecule has 1 amide bonds. The van der Waals surface area contributed by atoms with Crippen LogP contribution < -0.4 is 10.2 Å². The van der Waals surface area contributed by atoms with E-state index < -0.39 is 23.7 Å². The molecule has 1 aromatic rings. The van der Waals surface area contributed by atoms with Crippen molar-refractivity contribution < 1.29 is 32.4 Å². The van der Waals surface area contributed by atoms with Crippen LogP contribution in [0.5, 0.6) is 0 Å². The molecule has 1 unspecified atom stereocenters. The van der Waals surface area contributed by atoms with Crippen LogP contribution in [0.25, 0.3) is 0 Å². The molecule has 0 saturated carbocycles. The number of esters is 1. The highest BCUT2D eigenvalue weighted by molar-refractivity contribution is 5.86. The third-order valence-corrected chi connectivity index (χ3v) is 4.12. The lowest BCUT2D eigenvalue weighted by molar-refractivity contribution is -0.973. The first kappa shape index (κ1) is 18.3. The summed E-state index contributed by atoms with van der Waals surface area (Å²) in [7, 11) is 0. The summed E-state index contributed by atoms with van der Waals surface area (Å²) in [5.41, 5.74) is -1.44. The number of nitrogens with one attached hydrogen (secondary N) is 2. The average molecular weight is 345 g/mol. The van der Waals surface area contributed by atoms with Crippen LogP contribution in [0.4, 0.5) is 13.2 Å². The summed E-state index contributed by atoms with van der Waals surface area (Å²) in [4.78, 5) is 23.7. The minimum absolute atomic E-state index is 0.0330. The van der Waals surface area contributed by atoms with E-state index in [1.165, 1.54) is 6.92 Å². The van der Waals surface area contributed by atoms with Gasteiger partial charge in [0.05, 0.1) is 13.2 Å². The van der Waals surface area contributed by atoms with Gasteiger partial charge < -0.3 is 4.74 Å². The average Bonchev–Trinajstić information content (AvgIpc) is 2.51. The Labute approximate surface area is 137 Å². The number of carbonyl (C=O) groups excluding carboxylic acids is 2. The molecule has 5 nitrogen and oxygen atoms in total. The quantitative estimate of drug-likeness (QED) is 0.785. The van der Waals surface area contributed by atoms with Gasteiger partial charge in [-0.1, -0.05) is 24.3 Å². The Balaban J connectivity index is 2.49. The van der Waals surface area contributed by atoms with Crippen LogP contribution in [-0.2, 0) is 27.3 Å². The number of ether oxygens (including phenoxy) is 1. The molecule has 0 saturated heterocycles. The third kappa shape index (κ3) is 3.24. The van der Waals surface area contributed by atoms with Crippen LogP contribution in [0.2, 0.25) is 0 Å². The normalized spacial score (nSPS) is 19.8. The molecular formula is C16H20F3N2O3+. The maximum absolute atomic E-state index is 13.9. The van der Waals surface area contributed by atoms with Gasteiger partial charge in [0.2, 0.25) is 5.91 Å². The molecule has 1 aromatic carbocycles. The monoisotopic (exact) mass is 345 g/mol. The van der Waals surface area contributed by atoms with Gasteiger partial charge in [0.1, 0.15) is 6.54 Å². The Morgan fingerprint density at radius 1 is 1.25 bits per heavy atom. The maximum Gasteiger partial charge on any atom is 0.478 e. The first-order valence-corrected chi connectivity index (χ1v) is 7.67. The third-order valence-electron chi connectivity index (χ3n) is 4.12. The van der Waals surface area contributed by atoms with E-state index in [0.717, 1.165) is 18.1 Å². The van der Waals surface area contributed by atoms with Crippen molar-refractivity contribution in [2.45, 2.75) is 38.7 Å². The summed E-state index contributed by atoms with van der Waals surface area (Å²) in [6, 6.07) is 7.14. The molecule has 0 aromatic heterocycles. The van der Waals surface area contributed by atoms with E-state index in [0.29, 0.717) is 6.42 Å². The molecule has 1 aliphatic rings. The van der Waals surface area contributed by atoms with E-state index in [4.69, 9.17) is 0 Å².